The Morgan fingerprint density at radius 2 is 1.90 bits per heavy atom. The summed E-state index contributed by atoms with van der Waals surface area (Å²) < 4.78 is 0. The summed E-state index contributed by atoms with van der Waals surface area (Å²) in [5.74, 6) is 0.240. The summed E-state index contributed by atoms with van der Waals surface area (Å²) in [6, 6.07) is 6.94. The monoisotopic (exact) mass is 415 g/mol. The fraction of sp³-hybridized carbons (Fsp3) is 0.500. The van der Waals surface area contributed by atoms with Crippen LogP contribution in [0.15, 0.2) is 35.7 Å². The van der Waals surface area contributed by atoms with Crippen molar-refractivity contribution in [1.29, 1.82) is 0 Å². The predicted octanol–water partition coefficient (Wildman–Crippen LogP) is 4.06. The lowest BCUT2D eigenvalue weighted by molar-refractivity contribution is -0.132. The standard InChI is InChI=1S/C22H29N3O3S/c1-14(2)9-11-24-21(27)20-18(10-12-29-20)25(22(24)28)13-19(26)23-17-8-6-5-7-16(17)15(3)4/h5-8,10,12,14-15,18,20H,9,11,13H2,1-4H3,(H,23,26). The van der Waals surface area contributed by atoms with E-state index in [-0.39, 0.29) is 41.6 Å². The van der Waals surface area contributed by atoms with Crippen molar-refractivity contribution in [2.24, 2.45) is 5.92 Å². The highest BCUT2D eigenvalue weighted by atomic mass is 32.2. The number of carbonyl (C=O) groups excluding carboxylic acids is 3. The molecule has 2 heterocycles. The summed E-state index contributed by atoms with van der Waals surface area (Å²) in [5, 5.41) is 4.44. The van der Waals surface area contributed by atoms with Crippen molar-refractivity contribution >= 4 is 35.3 Å². The van der Waals surface area contributed by atoms with Gasteiger partial charge in [-0.3, -0.25) is 14.5 Å². The first-order valence-corrected chi connectivity index (χ1v) is 11.1. The number of thioether (sulfide) groups is 1. The van der Waals surface area contributed by atoms with Crippen LogP contribution >= 0.6 is 11.8 Å². The van der Waals surface area contributed by atoms with Gasteiger partial charge in [-0.2, -0.15) is 0 Å². The second kappa shape index (κ2) is 9.03. The van der Waals surface area contributed by atoms with Crippen molar-refractivity contribution in [3.05, 3.63) is 41.3 Å². The van der Waals surface area contributed by atoms with Gasteiger partial charge in [-0.1, -0.05) is 52.0 Å². The van der Waals surface area contributed by atoms with Crippen LogP contribution in [0.4, 0.5) is 10.5 Å². The highest BCUT2D eigenvalue weighted by molar-refractivity contribution is 8.03. The number of para-hydroxylation sites is 1. The minimum absolute atomic E-state index is 0.0806. The molecule has 0 bridgehead atoms. The third kappa shape index (κ3) is 4.66. The van der Waals surface area contributed by atoms with Crippen molar-refractivity contribution in [3.8, 4) is 0 Å². The summed E-state index contributed by atoms with van der Waals surface area (Å²) in [7, 11) is 0. The molecule has 156 valence electrons. The number of benzene rings is 1. The van der Waals surface area contributed by atoms with Crippen LogP contribution in [0.3, 0.4) is 0 Å². The molecule has 29 heavy (non-hydrogen) atoms. The molecule has 3 rings (SSSR count). The van der Waals surface area contributed by atoms with Gasteiger partial charge in [-0.25, -0.2) is 4.79 Å². The smallest absolute Gasteiger partial charge is 0.324 e. The number of nitrogens with one attached hydrogen (secondary N) is 1. The first-order chi connectivity index (χ1) is 13.8. The Labute approximate surface area is 176 Å². The second-order valence-electron chi connectivity index (χ2n) is 8.25. The van der Waals surface area contributed by atoms with E-state index in [2.05, 4.69) is 33.0 Å². The van der Waals surface area contributed by atoms with Crippen LogP contribution in [0.2, 0.25) is 0 Å². The average Bonchev–Trinajstić information content (AvgIpc) is 3.15. The quantitative estimate of drug-likeness (QED) is 0.729. The highest BCUT2D eigenvalue weighted by Crippen LogP contribution is 2.34. The molecule has 1 saturated heterocycles. The Kier molecular flexibility index (Phi) is 6.67. The summed E-state index contributed by atoms with van der Waals surface area (Å²) in [4.78, 5) is 41.5. The Morgan fingerprint density at radius 1 is 1.17 bits per heavy atom. The van der Waals surface area contributed by atoms with E-state index in [9.17, 15) is 14.4 Å². The first kappa shape index (κ1) is 21.4. The normalized spacial score (nSPS) is 21.3. The maximum absolute atomic E-state index is 13.1. The van der Waals surface area contributed by atoms with E-state index in [1.165, 1.54) is 21.6 Å². The van der Waals surface area contributed by atoms with Crippen LogP contribution in [0.1, 0.15) is 45.6 Å². The number of urea groups is 1. The summed E-state index contributed by atoms with van der Waals surface area (Å²) in [6.45, 7) is 8.57. The zero-order valence-electron chi connectivity index (χ0n) is 17.4. The number of hydrogen-bond donors (Lipinski definition) is 1. The lowest BCUT2D eigenvalue weighted by Crippen LogP contribution is -2.63. The topological polar surface area (TPSA) is 69.7 Å². The molecule has 1 N–H and O–H groups in total. The number of imide groups is 1. The highest BCUT2D eigenvalue weighted by Gasteiger charge is 2.47. The molecule has 1 fully saturated rings. The molecule has 2 aliphatic heterocycles. The van der Waals surface area contributed by atoms with Crippen LogP contribution in [0.5, 0.6) is 0 Å². The van der Waals surface area contributed by atoms with E-state index in [1.54, 1.807) is 0 Å². The van der Waals surface area contributed by atoms with Gasteiger partial charge in [0.15, 0.2) is 0 Å². The summed E-state index contributed by atoms with van der Waals surface area (Å²) in [5.41, 5.74) is 1.81. The first-order valence-electron chi connectivity index (χ1n) is 10.1. The number of hydrogen-bond acceptors (Lipinski definition) is 4. The van der Waals surface area contributed by atoms with Crippen LogP contribution in [0, 0.1) is 5.92 Å². The van der Waals surface area contributed by atoms with E-state index in [0.717, 1.165) is 17.7 Å². The van der Waals surface area contributed by atoms with Gasteiger partial charge < -0.3 is 10.2 Å². The SMILES string of the molecule is CC(C)CCN1C(=O)C2SC=CC2N(CC(=O)Nc2ccccc2C(C)C)C1=O. The Balaban J connectivity index is 1.76. The van der Waals surface area contributed by atoms with Gasteiger partial charge in [0.1, 0.15) is 11.8 Å². The molecule has 4 amide bonds. The molecule has 0 spiro atoms. The molecule has 6 nitrogen and oxygen atoms in total. The van der Waals surface area contributed by atoms with Crippen molar-refractivity contribution in [1.82, 2.24) is 9.80 Å². The van der Waals surface area contributed by atoms with Crippen molar-refractivity contribution in [3.63, 3.8) is 0 Å². The molecule has 1 aromatic carbocycles. The van der Waals surface area contributed by atoms with Crippen molar-refractivity contribution < 1.29 is 14.4 Å². The second-order valence-corrected chi connectivity index (χ2v) is 9.30. The van der Waals surface area contributed by atoms with Crippen molar-refractivity contribution in [2.45, 2.75) is 51.3 Å². The predicted molar refractivity (Wildman–Crippen MR) is 117 cm³/mol. The van der Waals surface area contributed by atoms with Crippen LogP contribution < -0.4 is 5.32 Å². The van der Waals surface area contributed by atoms with E-state index < -0.39 is 0 Å². The molecule has 2 aliphatic rings. The van der Waals surface area contributed by atoms with E-state index in [1.807, 2.05) is 35.7 Å². The number of fused-ring (bicyclic) bond motifs is 1. The van der Waals surface area contributed by atoms with Gasteiger partial charge in [-0.05, 0) is 35.3 Å². The molecular weight excluding hydrogens is 386 g/mol. The molecule has 0 aromatic heterocycles. The Hall–Kier alpha value is -2.28. The van der Waals surface area contributed by atoms with Gasteiger partial charge in [-0.15, -0.1) is 11.8 Å². The maximum atomic E-state index is 13.1. The van der Waals surface area contributed by atoms with Crippen LogP contribution in [-0.4, -0.2) is 52.0 Å². The fourth-order valence-electron chi connectivity index (χ4n) is 3.62. The van der Waals surface area contributed by atoms with E-state index in [4.69, 9.17) is 0 Å². The zero-order valence-corrected chi connectivity index (χ0v) is 18.2. The fourth-order valence-corrected chi connectivity index (χ4v) is 4.68. The van der Waals surface area contributed by atoms with Crippen LogP contribution in [0.25, 0.3) is 0 Å². The van der Waals surface area contributed by atoms with Gasteiger partial charge in [0.05, 0.1) is 6.04 Å². The maximum Gasteiger partial charge on any atom is 0.327 e. The van der Waals surface area contributed by atoms with Crippen molar-refractivity contribution in [2.75, 3.05) is 18.4 Å². The molecule has 1 aromatic rings. The van der Waals surface area contributed by atoms with Gasteiger partial charge >= 0.3 is 6.03 Å². The number of amides is 4. The number of rotatable bonds is 7. The van der Waals surface area contributed by atoms with Crippen LogP contribution in [-0.2, 0) is 9.59 Å². The van der Waals surface area contributed by atoms with E-state index in [0.29, 0.717) is 12.5 Å². The molecule has 0 aliphatic carbocycles. The Bertz CT molecular complexity index is 821. The molecular formula is C22H29N3O3S. The lowest BCUT2D eigenvalue weighted by atomic mass is 10.0. The minimum Gasteiger partial charge on any atom is -0.324 e. The molecule has 7 heteroatoms. The number of carbonyl (C=O) groups is 3. The molecule has 2 unspecified atom stereocenters. The zero-order chi connectivity index (χ0) is 21.1. The third-order valence-electron chi connectivity index (χ3n) is 5.26. The molecule has 2 atom stereocenters. The molecule has 0 saturated carbocycles. The third-order valence-corrected chi connectivity index (χ3v) is 6.35. The molecule has 0 radical (unpaired) electrons. The average molecular weight is 416 g/mol. The summed E-state index contributed by atoms with van der Waals surface area (Å²) in [6.07, 6.45) is 2.59. The van der Waals surface area contributed by atoms with Gasteiger partial charge in [0.2, 0.25) is 11.8 Å². The summed E-state index contributed by atoms with van der Waals surface area (Å²) >= 11 is 1.42. The Morgan fingerprint density at radius 3 is 2.59 bits per heavy atom. The lowest BCUT2D eigenvalue weighted by Gasteiger charge is -2.41. The van der Waals surface area contributed by atoms with Gasteiger partial charge in [0.25, 0.3) is 0 Å². The van der Waals surface area contributed by atoms with Gasteiger partial charge in [0, 0.05) is 12.2 Å². The number of nitrogens with zero attached hydrogens (tertiary/aromatic N) is 2. The number of anilines is 1. The largest absolute Gasteiger partial charge is 0.327 e. The van der Waals surface area contributed by atoms with E-state index >= 15 is 0 Å². The minimum atomic E-state index is -0.378.